The lowest BCUT2D eigenvalue weighted by atomic mass is 9.95. The molecule has 0 radical (unpaired) electrons. The van der Waals surface area contributed by atoms with Crippen LogP contribution >= 0.6 is 11.3 Å². The molecule has 1 aromatic heterocycles. The van der Waals surface area contributed by atoms with Crippen molar-refractivity contribution in [3.05, 3.63) is 82.5 Å². The standard InChI is InChI=1S/C27H27N3O9S/c1-7-39-26(32)23-14(2)28-27-29(24(23)17-9-8-16(35-3)12-19(17)36-4)25(31)22(40-27)11-15-10-20(37-5)21(38-6)13-18(15)30(33)34/h8-13,24H,7H2,1-6H3. The number of aromatic nitrogens is 1. The number of methoxy groups -OCH3 is 4. The first-order chi connectivity index (χ1) is 19.2. The van der Waals surface area contributed by atoms with E-state index in [9.17, 15) is 19.7 Å². The highest BCUT2D eigenvalue weighted by molar-refractivity contribution is 7.07. The number of thiazole rings is 1. The monoisotopic (exact) mass is 569 g/mol. The van der Waals surface area contributed by atoms with E-state index in [4.69, 9.17) is 23.7 Å². The normalized spacial score (nSPS) is 14.8. The lowest BCUT2D eigenvalue weighted by molar-refractivity contribution is -0.385. The number of fused-ring (bicyclic) bond motifs is 1. The van der Waals surface area contributed by atoms with Gasteiger partial charge in [-0.3, -0.25) is 19.5 Å². The number of hydrogen-bond donors (Lipinski definition) is 0. The summed E-state index contributed by atoms with van der Waals surface area (Å²) in [7, 11) is 5.76. The molecule has 1 atom stereocenters. The summed E-state index contributed by atoms with van der Waals surface area (Å²) in [4.78, 5) is 43.2. The fourth-order valence-corrected chi connectivity index (χ4v) is 5.47. The van der Waals surface area contributed by atoms with Crippen LogP contribution in [0.1, 0.15) is 31.0 Å². The van der Waals surface area contributed by atoms with Crippen molar-refractivity contribution < 1.29 is 33.4 Å². The highest BCUT2D eigenvalue weighted by Gasteiger charge is 2.35. The van der Waals surface area contributed by atoms with Crippen molar-refractivity contribution in [3.8, 4) is 23.0 Å². The highest BCUT2D eigenvalue weighted by Crippen LogP contribution is 2.38. The number of carbonyl (C=O) groups excluding carboxylic acids is 1. The van der Waals surface area contributed by atoms with Crippen LogP contribution in [0.25, 0.3) is 6.08 Å². The summed E-state index contributed by atoms with van der Waals surface area (Å²) in [5, 5.41) is 11.9. The van der Waals surface area contributed by atoms with E-state index < -0.39 is 22.5 Å². The van der Waals surface area contributed by atoms with Gasteiger partial charge in [0.2, 0.25) is 0 Å². The van der Waals surface area contributed by atoms with Gasteiger partial charge in [-0.2, -0.15) is 0 Å². The molecular formula is C27H27N3O9S. The molecule has 0 saturated heterocycles. The minimum absolute atomic E-state index is 0.121. The molecular weight excluding hydrogens is 542 g/mol. The Morgan fingerprint density at radius 3 is 2.35 bits per heavy atom. The maximum atomic E-state index is 13.9. The number of nitro benzene ring substituents is 1. The number of carbonyl (C=O) groups is 1. The highest BCUT2D eigenvalue weighted by atomic mass is 32.1. The van der Waals surface area contributed by atoms with Gasteiger partial charge in [-0.15, -0.1) is 0 Å². The zero-order valence-corrected chi connectivity index (χ0v) is 23.5. The minimum atomic E-state index is -0.946. The number of nitro groups is 1. The molecule has 2 aromatic carbocycles. The summed E-state index contributed by atoms with van der Waals surface area (Å²) in [5.41, 5.74) is 0.385. The van der Waals surface area contributed by atoms with Crippen LogP contribution in [0.2, 0.25) is 0 Å². The van der Waals surface area contributed by atoms with Gasteiger partial charge in [-0.05, 0) is 38.1 Å². The predicted octanol–water partition coefficient (Wildman–Crippen LogP) is 2.74. The van der Waals surface area contributed by atoms with Crippen molar-refractivity contribution in [2.75, 3.05) is 35.0 Å². The molecule has 1 unspecified atom stereocenters. The summed E-state index contributed by atoms with van der Waals surface area (Å²) >= 11 is 1.03. The molecule has 40 heavy (non-hydrogen) atoms. The van der Waals surface area contributed by atoms with Crippen molar-refractivity contribution in [2.45, 2.75) is 19.9 Å². The van der Waals surface area contributed by atoms with Crippen LogP contribution in [0.3, 0.4) is 0 Å². The van der Waals surface area contributed by atoms with Crippen LogP contribution in [0, 0.1) is 10.1 Å². The second-order valence-electron chi connectivity index (χ2n) is 8.43. The zero-order chi connectivity index (χ0) is 29.1. The SMILES string of the molecule is CCOC(=O)C1=C(C)N=c2sc(=Cc3cc(OC)c(OC)cc3[N+](=O)[O-])c(=O)n2C1c1ccc(OC)cc1OC. The third-order valence-corrected chi connectivity index (χ3v) is 7.25. The van der Waals surface area contributed by atoms with E-state index in [-0.39, 0.29) is 39.5 Å². The van der Waals surface area contributed by atoms with Gasteiger partial charge in [-0.25, -0.2) is 9.79 Å². The molecule has 3 aromatic rings. The maximum Gasteiger partial charge on any atom is 0.338 e. The van der Waals surface area contributed by atoms with Crippen LogP contribution in [0.5, 0.6) is 23.0 Å². The second-order valence-corrected chi connectivity index (χ2v) is 9.44. The number of esters is 1. The molecule has 4 rings (SSSR count). The Balaban J connectivity index is 2.03. The smallest absolute Gasteiger partial charge is 0.338 e. The van der Waals surface area contributed by atoms with Crippen molar-refractivity contribution in [2.24, 2.45) is 4.99 Å². The Labute approximate surface area is 232 Å². The molecule has 13 heteroatoms. The number of rotatable bonds is 9. The van der Waals surface area contributed by atoms with E-state index in [1.807, 2.05) is 0 Å². The molecule has 0 bridgehead atoms. The van der Waals surface area contributed by atoms with Gasteiger partial charge < -0.3 is 23.7 Å². The van der Waals surface area contributed by atoms with E-state index in [0.29, 0.717) is 27.6 Å². The first kappa shape index (κ1) is 28.4. The van der Waals surface area contributed by atoms with Gasteiger partial charge in [0.25, 0.3) is 11.2 Å². The molecule has 0 N–H and O–H groups in total. The average Bonchev–Trinajstić information content (AvgIpc) is 3.25. The number of allylic oxidation sites excluding steroid dienone is 1. The van der Waals surface area contributed by atoms with Crippen LogP contribution in [0.4, 0.5) is 5.69 Å². The summed E-state index contributed by atoms with van der Waals surface area (Å²) in [6.45, 7) is 3.46. The first-order valence-corrected chi connectivity index (χ1v) is 12.8. The lowest BCUT2D eigenvalue weighted by Gasteiger charge is -2.26. The summed E-state index contributed by atoms with van der Waals surface area (Å²) < 4.78 is 28.3. The number of nitrogens with zero attached hydrogens (tertiary/aromatic N) is 3. The quantitative estimate of drug-likeness (QED) is 0.216. The molecule has 0 saturated carbocycles. The molecule has 2 heterocycles. The maximum absolute atomic E-state index is 13.9. The Hall–Kier alpha value is -4.65. The van der Waals surface area contributed by atoms with Gasteiger partial charge >= 0.3 is 5.97 Å². The predicted molar refractivity (Wildman–Crippen MR) is 146 cm³/mol. The molecule has 210 valence electrons. The van der Waals surface area contributed by atoms with Crippen LogP contribution in [-0.2, 0) is 9.53 Å². The van der Waals surface area contributed by atoms with Gasteiger partial charge in [0.05, 0.1) is 67.4 Å². The van der Waals surface area contributed by atoms with E-state index in [1.165, 1.54) is 51.2 Å². The second kappa shape index (κ2) is 11.6. The van der Waals surface area contributed by atoms with Crippen LogP contribution in [-0.4, -0.2) is 50.5 Å². The molecule has 0 amide bonds. The van der Waals surface area contributed by atoms with E-state index in [1.54, 1.807) is 32.0 Å². The molecule has 0 aliphatic carbocycles. The van der Waals surface area contributed by atoms with Gasteiger partial charge in [0.1, 0.15) is 17.5 Å². The zero-order valence-electron chi connectivity index (χ0n) is 22.7. The van der Waals surface area contributed by atoms with E-state index in [2.05, 4.69) is 4.99 Å². The third kappa shape index (κ3) is 5.02. The topological polar surface area (TPSA) is 141 Å². The third-order valence-electron chi connectivity index (χ3n) is 6.27. The summed E-state index contributed by atoms with van der Waals surface area (Å²) in [6.07, 6.45) is 1.40. The Morgan fingerprint density at radius 2 is 1.75 bits per heavy atom. The Kier molecular flexibility index (Phi) is 8.24. The molecule has 1 aliphatic heterocycles. The van der Waals surface area contributed by atoms with Gasteiger partial charge in [0.15, 0.2) is 16.3 Å². The van der Waals surface area contributed by atoms with Gasteiger partial charge in [0, 0.05) is 11.6 Å². The fraction of sp³-hybridized carbons (Fsp3) is 0.296. The summed E-state index contributed by atoms with van der Waals surface area (Å²) in [6, 6.07) is 6.76. The largest absolute Gasteiger partial charge is 0.497 e. The number of hydrogen-bond acceptors (Lipinski definition) is 11. The van der Waals surface area contributed by atoms with Crippen LogP contribution < -0.4 is 33.8 Å². The first-order valence-electron chi connectivity index (χ1n) is 12.0. The molecule has 0 fully saturated rings. The molecule has 12 nitrogen and oxygen atoms in total. The molecule has 0 spiro atoms. The van der Waals surface area contributed by atoms with Crippen molar-refractivity contribution in [1.29, 1.82) is 0 Å². The molecule has 1 aliphatic rings. The average molecular weight is 570 g/mol. The summed E-state index contributed by atoms with van der Waals surface area (Å²) in [5.74, 6) is 0.706. The van der Waals surface area contributed by atoms with Gasteiger partial charge in [-0.1, -0.05) is 11.3 Å². The number of benzene rings is 2. The van der Waals surface area contributed by atoms with E-state index in [0.717, 1.165) is 11.3 Å². The number of ether oxygens (including phenoxy) is 5. The van der Waals surface area contributed by atoms with Crippen molar-refractivity contribution >= 4 is 29.1 Å². The van der Waals surface area contributed by atoms with Crippen LogP contribution in [0.15, 0.2) is 51.4 Å². The minimum Gasteiger partial charge on any atom is -0.497 e. The Bertz CT molecular complexity index is 1700. The lowest BCUT2D eigenvalue weighted by Crippen LogP contribution is -2.40. The fourth-order valence-electron chi connectivity index (χ4n) is 4.43. The van der Waals surface area contributed by atoms with E-state index >= 15 is 0 Å². The Morgan fingerprint density at radius 1 is 1.07 bits per heavy atom. The van der Waals surface area contributed by atoms with Crippen molar-refractivity contribution in [1.82, 2.24) is 4.57 Å². The van der Waals surface area contributed by atoms with Crippen molar-refractivity contribution in [3.63, 3.8) is 0 Å².